The smallest absolute Gasteiger partial charge is 0.255 e. The number of nitrogens with two attached hydrogens (primary N) is 1. The highest BCUT2D eigenvalue weighted by Crippen LogP contribution is 2.39. The Bertz CT molecular complexity index is 1650. The van der Waals surface area contributed by atoms with Crippen molar-refractivity contribution in [2.24, 2.45) is 5.73 Å². The van der Waals surface area contributed by atoms with E-state index in [-0.39, 0.29) is 5.91 Å². The number of hydrogen-bond acceptors (Lipinski definition) is 3. The van der Waals surface area contributed by atoms with Crippen LogP contribution < -0.4 is 11.1 Å². The molecule has 4 aromatic carbocycles. The van der Waals surface area contributed by atoms with Crippen molar-refractivity contribution >= 4 is 45.6 Å². The molecule has 6 nitrogen and oxygen atoms in total. The molecule has 172 valence electrons. The molecule has 4 N–H and O–H groups in total. The van der Waals surface area contributed by atoms with E-state index in [0.717, 1.165) is 33.7 Å². The average Bonchev–Trinajstić information content (AvgIpc) is 3.23. The summed E-state index contributed by atoms with van der Waals surface area (Å²) in [6, 6.07) is 19.7. The maximum atomic E-state index is 13.2. The summed E-state index contributed by atoms with van der Waals surface area (Å²) in [6.45, 7) is 1.89. The number of benzene rings is 4. The summed E-state index contributed by atoms with van der Waals surface area (Å²) in [5.41, 5.74) is 11.2. The molecule has 5 aromatic rings. The van der Waals surface area contributed by atoms with E-state index in [1.807, 2.05) is 31.2 Å². The Kier molecular flexibility index (Phi) is 5.37. The lowest BCUT2D eigenvalue weighted by atomic mass is 9.93. The largest absolute Gasteiger partial charge is 0.366 e. The van der Waals surface area contributed by atoms with Crippen molar-refractivity contribution in [1.29, 1.82) is 0 Å². The number of aldehydes is 1. The van der Waals surface area contributed by atoms with Gasteiger partial charge in [-0.1, -0.05) is 30.3 Å². The summed E-state index contributed by atoms with van der Waals surface area (Å²) in [5.74, 6) is -1.34. The molecule has 0 bridgehead atoms. The SMILES string of the molecule is Cc1c(NC(=O)c2ccc(F)cc2)cccc1-c1ccc(C(N)=O)c2[nH]c3cc(C=O)ccc3c12. The van der Waals surface area contributed by atoms with E-state index in [1.165, 1.54) is 24.3 Å². The molecule has 1 heterocycles. The first kappa shape index (κ1) is 22.0. The van der Waals surface area contributed by atoms with Crippen LogP contribution in [0.3, 0.4) is 0 Å². The number of carbonyl (C=O) groups excluding carboxylic acids is 3. The minimum Gasteiger partial charge on any atom is -0.366 e. The number of carbonyl (C=O) groups is 3. The number of amides is 2. The highest BCUT2D eigenvalue weighted by atomic mass is 19.1. The molecule has 0 aliphatic rings. The zero-order valence-electron chi connectivity index (χ0n) is 18.7. The monoisotopic (exact) mass is 465 g/mol. The van der Waals surface area contributed by atoms with Crippen molar-refractivity contribution in [1.82, 2.24) is 4.98 Å². The van der Waals surface area contributed by atoms with Gasteiger partial charge in [-0.2, -0.15) is 0 Å². The fraction of sp³-hybridized carbons (Fsp3) is 0.0357. The van der Waals surface area contributed by atoms with Gasteiger partial charge in [0.05, 0.1) is 11.1 Å². The standard InChI is InChI=1S/C28H20FN3O3/c1-15-19(3-2-4-23(15)32-28(35)17-6-8-18(29)9-7-17)20-11-12-22(27(30)34)26-25(20)21-10-5-16(14-33)13-24(21)31-26/h2-14,31H,1H3,(H2,30,34)(H,32,35). The van der Waals surface area contributed by atoms with E-state index in [9.17, 15) is 18.8 Å². The number of hydrogen-bond donors (Lipinski definition) is 3. The van der Waals surface area contributed by atoms with Gasteiger partial charge in [-0.25, -0.2) is 4.39 Å². The molecule has 0 saturated carbocycles. The van der Waals surface area contributed by atoms with E-state index in [2.05, 4.69) is 10.3 Å². The van der Waals surface area contributed by atoms with E-state index in [0.29, 0.717) is 33.4 Å². The Labute approximate surface area is 199 Å². The number of H-pyrrole nitrogens is 1. The van der Waals surface area contributed by atoms with Crippen LogP contribution in [0.2, 0.25) is 0 Å². The second kappa shape index (κ2) is 8.53. The molecule has 0 unspecified atom stereocenters. The van der Waals surface area contributed by atoms with Gasteiger partial charge in [0.15, 0.2) is 0 Å². The van der Waals surface area contributed by atoms with Gasteiger partial charge in [0.25, 0.3) is 11.8 Å². The summed E-state index contributed by atoms with van der Waals surface area (Å²) < 4.78 is 13.2. The predicted octanol–water partition coefficient (Wildman–Crippen LogP) is 5.60. The topological polar surface area (TPSA) is 105 Å². The van der Waals surface area contributed by atoms with Gasteiger partial charge in [-0.3, -0.25) is 14.4 Å². The first-order chi connectivity index (χ1) is 16.9. The predicted molar refractivity (Wildman–Crippen MR) is 134 cm³/mol. The second-order valence-electron chi connectivity index (χ2n) is 8.26. The van der Waals surface area contributed by atoms with Gasteiger partial charge < -0.3 is 16.0 Å². The Morgan fingerprint density at radius 3 is 2.46 bits per heavy atom. The molecule has 0 spiro atoms. The third-order valence-corrected chi connectivity index (χ3v) is 6.16. The van der Waals surface area contributed by atoms with Crippen molar-refractivity contribution in [3.63, 3.8) is 0 Å². The van der Waals surface area contributed by atoms with E-state index in [1.54, 1.807) is 24.3 Å². The van der Waals surface area contributed by atoms with Crippen molar-refractivity contribution in [2.75, 3.05) is 5.32 Å². The van der Waals surface area contributed by atoms with Gasteiger partial charge in [0.1, 0.15) is 12.1 Å². The molecule has 0 atom stereocenters. The highest BCUT2D eigenvalue weighted by molar-refractivity contribution is 6.20. The molecule has 0 aliphatic heterocycles. The zero-order valence-corrected chi connectivity index (χ0v) is 18.7. The lowest BCUT2D eigenvalue weighted by Gasteiger charge is -2.15. The fourth-order valence-electron chi connectivity index (χ4n) is 4.39. The van der Waals surface area contributed by atoms with Crippen LogP contribution in [-0.4, -0.2) is 23.1 Å². The minimum atomic E-state index is -0.569. The normalized spacial score (nSPS) is 11.0. The van der Waals surface area contributed by atoms with Crippen LogP contribution in [0.4, 0.5) is 10.1 Å². The van der Waals surface area contributed by atoms with Crippen LogP contribution in [0.5, 0.6) is 0 Å². The number of rotatable bonds is 5. The summed E-state index contributed by atoms with van der Waals surface area (Å²) in [7, 11) is 0. The van der Waals surface area contributed by atoms with Crippen LogP contribution in [0.25, 0.3) is 32.9 Å². The molecule has 0 saturated heterocycles. The van der Waals surface area contributed by atoms with Crippen LogP contribution in [0.1, 0.15) is 36.6 Å². The number of nitrogens with one attached hydrogen (secondary N) is 2. The van der Waals surface area contributed by atoms with Gasteiger partial charge in [-0.05, 0) is 66.1 Å². The number of aromatic nitrogens is 1. The Morgan fingerprint density at radius 1 is 0.971 bits per heavy atom. The van der Waals surface area contributed by atoms with Crippen LogP contribution in [0.15, 0.2) is 72.8 Å². The zero-order chi connectivity index (χ0) is 24.7. The van der Waals surface area contributed by atoms with Crippen LogP contribution in [-0.2, 0) is 0 Å². The van der Waals surface area contributed by atoms with Crippen molar-refractivity contribution in [2.45, 2.75) is 6.92 Å². The van der Waals surface area contributed by atoms with Gasteiger partial charge >= 0.3 is 0 Å². The molecule has 0 aliphatic carbocycles. The fourth-order valence-corrected chi connectivity index (χ4v) is 4.39. The number of anilines is 1. The molecular weight excluding hydrogens is 445 g/mol. The molecule has 1 aromatic heterocycles. The van der Waals surface area contributed by atoms with Crippen molar-refractivity contribution in [3.8, 4) is 11.1 Å². The van der Waals surface area contributed by atoms with E-state index < -0.39 is 11.7 Å². The maximum Gasteiger partial charge on any atom is 0.255 e. The maximum absolute atomic E-state index is 13.2. The van der Waals surface area contributed by atoms with E-state index >= 15 is 0 Å². The summed E-state index contributed by atoms with van der Waals surface area (Å²) in [5, 5.41) is 4.53. The third kappa shape index (κ3) is 3.83. The van der Waals surface area contributed by atoms with E-state index in [4.69, 9.17) is 5.73 Å². The van der Waals surface area contributed by atoms with Gasteiger partial charge in [0, 0.05) is 33.1 Å². The number of fused-ring (bicyclic) bond motifs is 3. The van der Waals surface area contributed by atoms with Crippen LogP contribution >= 0.6 is 0 Å². The number of halogens is 1. The Balaban J connectivity index is 1.67. The summed E-state index contributed by atoms with van der Waals surface area (Å²) in [6.07, 6.45) is 0.762. The molecule has 2 amide bonds. The second-order valence-corrected chi connectivity index (χ2v) is 8.26. The average molecular weight is 465 g/mol. The lowest BCUT2D eigenvalue weighted by molar-refractivity contribution is 0.0998. The first-order valence-corrected chi connectivity index (χ1v) is 10.9. The van der Waals surface area contributed by atoms with Gasteiger partial charge in [0.2, 0.25) is 0 Å². The van der Waals surface area contributed by atoms with Crippen LogP contribution in [0, 0.1) is 12.7 Å². The molecule has 35 heavy (non-hydrogen) atoms. The quantitative estimate of drug-likeness (QED) is 0.294. The summed E-state index contributed by atoms with van der Waals surface area (Å²) >= 11 is 0. The molecule has 7 heteroatoms. The molecule has 5 rings (SSSR count). The molecule has 0 radical (unpaired) electrons. The number of aromatic amines is 1. The lowest BCUT2D eigenvalue weighted by Crippen LogP contribution is -2.13. The minimum absolute atomic E-state index is 0.339. The first-order valence-electron chi connectivity index (χ1n) is 10.9. The summed E-state index contributed by atoms with van der Waals surface area (Å²) in [4.78, 5) is 39.4. The molecule has 0 fully saturated rings. The highest BCUT2D eigenvalue weighted by Gasteiger charge is 2.19. The number of primary amides is 1. The molecular formula is C28H20FN3O3. The van der Waals surface area contributed by atoms with Crippen molar-refractivity contribution in [3.05, 3.63) is 101 Å². The Morgan fingerprint density at radius 2 is 1.74 bits per heavy atom. The third-order valence-electron chi connectivity index (χ3n) is 6.16. The van der Waals surface area contributed by atoms with Gasteiger partial charge in [-0.15, -0.1) is 0 Å². The Hall–Kier alpha value is -4.78. The van der Waals surface area contributed by atoms with Crippen molar-refractivity contribution < 1.29 is 18.8 Å².